The van der Waals surface area contributed by atoms with Crippen LogP contribution in [0.4, 0.5) is 0 Å². The average Bonchev–Trinajstić information content (AvgIpc) is 2.52. The topological polar surface area (TPSA) is 73.6 Å². The number of carbonyl (C=O) groups excluding carboxylic acids is 1. The Bertz CT molecular complexity index is 498. The molecule has 1 aromatic rings. The zero-order valence-electron chi connectivity index (χ0n) is 13.8. The lowest BCUT2D eigenvalue weighted by atomic mass is 9.85. The van der Waals surface area contributed by atoms with Gasteiger partial charge >= 0.3 is 0 Å². The van der Waals surface area contributed by atoms with Crippen LogP contribution in [0.5, 0.6) is 11.5 Å². The van der Waals surface area contributed by atoms with E-state index >= 15 is 0 Å². The van der Waals surface area contributed by atoms with Crippen LogP contribution < -0.4 is 20.5 Å². The van der Waals surface area contributed by atoms with Gasteiger partial charge < -0.3 is 20.5 Å². The second kappa shape index (κ2) is 9.63. The van der Waals surface area contributed by atoms with Crippen molar-refractivity contribution < 1.29 is 14.3 Å². The van der Waals surface area contributed by atoms with Crippen LogP contribution in [0.3, 0.4) is 0 Å². The molecule has 0 bridgehead atoms. The minimum absolute atomic E-state index is 0. The number of nitrogens with one attached hydrogen (secondary N) is 1. The molecule has 1 fully saturated rings. The zero-order chi connectivity index (χ0) is 15.9. The van der Waals surface area contributed by atoms with Crippen LogP contribution in [-0.2, 0) is 4.79 Å². The van der Waals surface area contributed by atoms with E-state index in [1.165, 1.54) is 0 Å². The largest absolute Gasteiger partial charge is 0.497 e. The van der Waals surface area contributed by atoms with Crippen LogP contribution in [-0.4, -0.2) is 31.7 Å². The first-order chi connectivity index (χ1) is 10.6. The third-order valence-electron chi connectivity index (χ3n) is 4.03. The third kappa shape index (κ3) is 6.28. The maximum absolute atomic E-state index is 12.2. The highest BCUT2D eigenvalue weighted by molar-refractivity contribution is 5.85. The van der Waals surface area contributed by atoms with Crippen LogP contribution in [0.25, 0.3) is 0 Å². The first-order valence-corrected chi connectivity index (χ1v) is 7.92. The molecule has 0 radical (unpaired) electrons. The van der Waals surface area contributed by atoms with E-state index < -0.39 is 0 Å². The third-order valence-corrected chi connectivity index (χ3v) is 4.03. The predicted molar refractivity (Wildman–Crippen MR) is 93.3 cm³/mol. The Morgan fingerprint density at radius 2 is 2.13 bits per heavy atom. The molecule has 3 atom stereocenters. The van der Waals surface area contributed by atoms with Crippen LogP contribution in [0, 0.1) is 5.92 Å². The molecule has 130 valence electrons. The summed E-state index contributed by atoms with van der Waals surface area (Å²) in [5.41, 5.74) is 5.93. The fourth-order valence-electron chi connectivity index (χ4n) is 2.80. The molecule has 1 aromatic carbocycles. The van der Waals surface area contributed by atoms with Gasteiger partial charge in [0.2, 0.25) is 5.91 Å². The van der Waals surface area contributed by atoms with E-state index in [1.807, 2.05) is 31.2 Å². The van der Waals surface area contributed by atoms with Crippen molar-refractivity contribution in [2.24, 2.45) is 11.7 Å². The number of methoxy groups -OCH3 is 1. The number of hydrogen-bond donors (Lipinski definition) is 2. The Kier molecular flexibility index (Phi) is 8.20. The normalized spacial score (nSPS) is 21.7. The summed E-state index contributed by atoms with van der Waals surface area (Å²) in [4.78, 5) is 12.2. The van der Waals surface area contributed by atoms with Crippen molar-refractivity contribution in [2.75, 3.05) is 13.7 Å². The molecular weight excluding hydrogens is 316 g/mol. The van der Waals surface area contributed by atoms with Crippen LogP contribution in [0.15, 0.2) is 24.3 Å². The molecular formula is C17H27ClN2O3. The molecule has 6 heteroatoms. The Hall–Kier alpha value is -1.46. The van der Waals surface area contributed by atoms with Gasteiger partial charge in [0, 0.05) is 18.0 Å². The molecule has 0 heterocycles. The van der Waals surface area contributed by atoms with Gasteiger partial charge in [0.15, 0.2) is 0 Å². The predicted octanol–water partition coefficient (Wildman–Crippen LogP) is 2.52. The van der Waals surface area contributed by atoms with Gasteiger partial charge in [-0.25, -0.2) is 0 Å². The molecule has 3 unspecified atom stereocenters. The van der Waals surface area contributed by atoms with Crippen molar-refractivity contribution in [2.45, 2.75) is 44.8 Å². The lowest BCUT2D eigenvalue weighted by molar-refractivity contribution is -0.126. The second-order valence-electron chi connectivity index (χ2n) is 5.98. The van der Waals surface area contributed by atoms with Gasteiger partial charge in [-0.05, 0) is 38.3 Å². The van der Waals surface area contributed by atoms with E-state index in [2.05, 4.69) is 5.32 Å². The van der Waals surface area contributed by atoms with Crippen LogP contribution in [0.2, 0.25) is 0 Å². The number of carbonyl (C=O) groups is 1. The minimum Gasteiger partial charge on any atom is -0.497 e. The first kappa shape index (κ1) is 19.6. The van der Waals surface area contributed by atoms with Crippen molar-refractivity contribution in [3.63, 3.8) is 0 Å². The molecule has 0 aromatic heterocycles. The Labute approximate surface area is 144 Å². The van der Waals surface area contributed by atoms with Crippen molar-refractivity contribution in [1.29, 1.82) is 0 Å². The highest BCUT2D eigenvalue weighted by Crippen LogP contribution is 2.23. The molecule has 0 saturated heterocycles. The lowest BCUT2D eigenvalue weighted by Gasteiger charge is -2.26. The van der Waals surface area contributed by atoms with E-state index in [9.17, 15) is 4.79 Å². The molecule has 3 N–H and O–H groups in total. The van der Waals surface area contributed by atoms with Crippen LogP contribution in [0.1, 0.15) is 32.6 Å². The standard InChI is InChI=1S/C17H26N2O3.ClH/c1-12(22-16-8-4-7-15(10-16)21-2)11-19-17(20)13-5-3-6-14(18)9-13;/h4,7-8,10,12-14H,3,5-6,9,11,18H2,1-2H3,(H,19,20);1H. The molecule has 5 nitrogen and oxygen atoms in total. The highest BCUT2D eigenvalue weighted by Gasteiger charge is 2.25. The summed E-state index contributed by atoms with van der Waals surface area (Å²) in [6, 6.07) is 7.61. The van der Waals surface area contributed by atoms with Crippen molar-refractivity contribution in [3.05, 3.63) is 24.3 Å². The Morgan fingerprint density at radius 3 is 2.83 bits per heavy atom. The summed E-state index contributed by atoms with van der Waals surface area (Å²) in [6.45, 7) is 2.42. The van der Waals surface area contributed by atoms with Gasteiger partial charge in [0.1, 0.15) is 17.6 Å². The van der Waals surface area contributed by atoms with Gasteiger partial charge in [0.25, 0.3) is 0 Å². The zero-order valence-corrected chi connectivity index (χ0v) is 14.6. The molecule has 1 aliphatic carbocycles. The fraction of sp³-hybridized carbons (Fsp3) is 0.588. The monoisotopic (exact) mass is 342 g/mol. The number of rotatable bonds is 6. The molecule has 1 aliphatic rings. The van der Waals surface area contributed by atoms with Crippen molar-refractivity contribution in [1.82, 2.24) is 5.32 Å². The van der Waals surface area contributed by atoms with Gasteiger partial charge in [-0.15, -0.1) is 12.4 Å². The summed E-state index contributed by atoms with van der Waals surface area (Å²) >= 11 is 0. The summed E-state index contributed by atoms with van der Waals surface area (Å²) in [6.07, 6.45) is 3.68. The molecule has 2 rings (SSSR count). The summed E-state index contributed by atoms with van der Waals surface area (Å²) in [7, 11) is 1.62. The maximum Gasteiger partial charge on any atom is 0.223 e. The van der Waals surface area contributed by atoms with Crippen molar-refractivity contribution in [3.8, 4) is 11.5 Å². The SMILES string of the molecule is COc1cccc(OC(C)CNC(=O)C2CCCC(N)C2)c1.Cl. The Balaban J connectivity index is 0.00000264. The fourth-order valence-corrected chi connectivity index (χ4v) is 2.80. The molecule has 0 aliphatic heterocycles. The van der Waals surface area contributed by atoms with E-state index in [0.717, 1.165) is 37.2 Å². The number of nitrogens with two attached hydrogens (primary N) is 1. The number of ether oxygens (including phenoxy) is 2. The minimum atomic E-state index is -0.103. The molecule has 1 saturated carbocycles. The number of benzene rings is 1. The van der Waals surface area contributed by atoms with E-state index in [0.29, 0.717) is 6.54 Å². The smallest absolute Gasteiger partial charge is 0.223 e. The van der Waals surface area contributed by atoms with Gasteiger partial charge in [0.05, 0.1) is 13.7 Å². The number of hydrogen-bond acceptors (Lipinski definition) is 4. The first-order valence-electron chi connectivity index (χ1n) is 7.92. The lowest BCUT2D eigenvalue weighted by Crippen LogP contribution is -2.41. The van der Waals surface area contributed by atoms with Gasteiger partial charge in [-0.3, -0.25) is 4.79 Å². The van der Waals surface area contributed by atoms with E-state index in [-0.39, 0.29) is 36.4 Å². The van der Waals surface area contributed by atoms with Crippen LogP contribution >= 0.6 is 12.4 Å². The summed E-state index contributed by atoms with van der Waals surface area (Å²) in [5.74, 6) is 1.63. The van der Waals surface area contributed by atoms with Crippen molar-refractivity contribution >= 4 is 18.3 Å². The maximum atomic E-state index is 12.2. The molecule has 1 amide bonds. The van der Waals surface area contributed by atoms with Gasteiger partial charge in [-0.1, -0.05) is 12.5 Å². The Morgan fingerprint density at radius 1 is 1.39 bits per heavy atom. The average molecular weight is 343 g/mol. The van der Waals surface area contributed by atoms with E-state index in [1.54, 1.807) is 7.11 Å². The van der Waals surface area contributed by atoms with E-state index in [4.69, 9.17) is 15.2 Å². The highest BCUT2D eigenvalue weighted by atomic mass is 35.5. The summed E-state index contributed by atoms with van der Waals surface area (Å²) in [5, 5.41) is 2.97. The number of halogens is 1. The quantitative estimate of drug-likeness (QED) is 0.833. The second-order valence-corrected chi connectivity index (χ2v) is 5.98. The number of amides is 1. The molecule has 0 spiro atoms. The molecule has 23 heavy (non-hydrogen) atoms. The van der Waals surface area contributed by atoms with Gasteiger partial charge in [-0.2, -0.15) is 0 Å². The summed E-state index contributed by atoms with van der Waals surface area (Å²) < 4.78 is 11.0.